The monoisotopic (exact) mass is 2430 g/mol. The lowest BCUT2D eigenvalue weighted by Gasteiger charge is -2.06. The highest BCUT2D eigenvalue weighted by atomic mass is 34.1. The zero-order valence-electron chi connectivity index (χ0n) is 31.9. The predicted octanol–water partition coefficient (Wildman–Crippen LogP) is 46.0. The van der Waals surface area contributed by atoms with Crippen molar-refractivity contribution in [2.24, 2.45) is 0 Å². The number of thiol groups is 1. The van der Waals surface area contributed by atoms with E-state index < -0.39 is 6.46 Å². The fraction of sp³-hybridized carbons (Fsp3) is 1.00. The van der Waals surface area contributed by atoms with Gasteiger partial charge >= 0.3 is 0 Å². The second-order valence-electron chi connectivity index (χ2n) is 5.46. The van der Waals surface area contributed by atoms with E-state index in [2.05, 4.69) is 20.9 Å². The molecule has 0 saturated carbocycles. The molecule has 0 heterocycles. The summed E-state index contributed by atoms with van der Waals surface area (Å²) in [7, 11) is 128. The molecule has 0 saturated heterocycles. The van der Waals surface area contributed by atoms with Crippen molar-refractivity contribution >= 4 is 738 Å². The Hall–Kier alpha value is 26.0. The van der Waals surface area contributed by atoms with E-state index in [0.29, 0.717) is 6.35 Å². The third-order valence-corrected chi connectivity index (χ3v) is 163. The predicted molar refractivity (Wildman–Crippen MR) is 578 cm³/mol. The van der Waals surface area contributed by atoms with Crippen LogP contribution >= 0.6 is 709 Å². The van der Waals surface area contributed by atoms with Gasteiger partial charge in [0.1, 0.15) is 0 Å². The second-order valence-corrected chi connectivity index (χ2v) is 137. The van der Waals surface area contributed by atoms with Crippen LogP contribution in [-0.4, -0.2) is 6.35 Å². The van der Waals surface area contributed by atoms with Crippen LogP contribution in [0.1, 0.15) is 0 Å². The van der Waals surface area contributed by atoms with Crippen molar-refractivity contribution in [3.05, 3.63) is 0 Å². The molecule has 464 valence electrons. The summed E-state index contributed by atoms with van der Waals surface area (Å²) < 4.78 is 5.37. The van der Waals surface area contributed by atoms with Crippen LogP contribution in [0.5, 0.6) is 0 Å². The summed E-state index contributed by atoms with van der Waals surface area (Å²) in [5.41, 5.74) is 0. The molecule has 0 N–H and O–H groups in total. The molecule has 0 rings (SSSR count). The number of hydrogen-bond donors (Lipinski definition) is 1. The molecular formula is CH5OPS74. The molecule has 0 aromatic carbocycles. The molecule has 0 radical (unpaired) electrons. The Bertz CT molecular complexity index is 1120. The van der Waals surface area contributed by atoms with Crippen LogP contribution < -0.4 is 0 Å². The lowest BCUT2D eigenvalue weighted by molar-refractivity contribution is 0.465. The maximum Gasteiger partial charge on any atom is 0.0823 e. The van der Waals surface area contributed by atoms with Crippen LogP contribution in [0.25, 0.3) is 0 Å². The van der Waals surface area contributed by atoms with Gasteiger partial charge in [0.25, 0.3) is 0 Å². The van der Waals surface area contributed by atoms with Crippen molar-refractivity contribution < 1.29 is 4.18 Å². The molecule has 0 aromatic heterocycles. The molecule has 0 aliphatic heterocycles. The minimum Gasteiger partial charge on any atom is -0.297 e. The maximum atomic E-state index is 5.37. The van der Waals surface area contributed by atoms with E-state index >= 15 is 0 Å². The Kier molecular flexibility index (Phi) is 129. The van der Waals surface area contributed by atoms with E-state index in [1.807, 2.05) is 531 Å². The van der Waals surface area contributed by atoms with Crippen LogP contribution in [-0.2, 0) is 33.0 Å². The van der Waals surface area contributed by atoms with Gasteiger partial charge in [-0.2, -0.15) is 0 Å². The van der Waals surface area contributed by atoms with E-state index in [1.165, 1.54) is 19.7 Å². The Morgan fingerprint density at radius 2 is 0.312 bits per heavy atom. The molecule has 1 unspecified atom stereocenters. The van der Waals surface area contributed by atoms with Gasteiger partial charge in [0.15, 0.2) is 0 Å². The average Bonchev–Trinajstić information content (AvgIpc) is 3.42. The van der Waals surface area contributed by atoms with Crippen LogP contribution in [0.15, 0.2) is 0 Å². The highest BCUT2D eigenvalue weighted by Gasteiger charge is 2.08. The highest BCUT2D eigenvalue weighted by molar-refractivity contribution is 9.65. The molecular weight excluding hydrogens is 2430 g/mol. The zero-order valence-corrected chi connectivity index (χ0v) is 93.6. The molecule has 0 spiro atoms. The van der Waals surface area contributed by atoms with Gasteiger partial charge in [-0.05, 0) is 101 Å². The Morgan fingerprint density at radius 1 is 0.208 bits per heavy atom. The molecule has 0 bridgehead atoms. The third-order valence-electron chi connectivity index (χ3n) is 2.22. The SMILES string of the molecule is PCOS(=S)(=S)SSSSSSSSSSSSSSSSSSSSSSSSSSSSSSSSSSSSSSSSSSSSSSSSSSSSSSSSSSSSSSSSSSSSSSS. The molecule has 0 fully saturated rings. The second kappa shape index (κ2) is 96.2. The number of rotatable bonds is 72. The van der Waals surface area contributed by atoms with Crippen LogP contribution in [0.2, 0.25) is 0 Å². The van der Waals surface area contributed by atoms with Crippen LogP contribution in [0.4, 0.5) is 0 Å². The smallest absolute Gasteiger partial charge is 0.0823 e. The molecule has 0 aliphatic rings. The summed E-state index contributed by atoms with van der Waals surface area (Å²) in [4.78, 5) is 0. The van der Waals surface area contributed by atoms with Gasteiger partial charge in [0, 0.05) is 609 Å². The van der Waals surface area contributed by atoms with Crippen molar-refractivity contribution in [3.8, 4) is 0 Å². The van der Waals surface area contributed by atoms with Crippen molar-refractivity contribution in [2.75, 3.05) is 6.35 Å². The first-order valence-corrected chi connectivity index (χ1v) is 112. The normalized spacial score (nSPS) is 12.0. The molecule has 0 amide bonds. The summed E-state index contributed by atoms with van der Waals surface area (Å²) >= 11 is 14.6. The van der Waals surface area contributed by atoms with Gasteiger partial charge in [-0.1, -0.05) is 11.7 Å². The summed E-state index contributed by atoms with van der Waals surface area (Å²) in [6.45, 7) is -1.84. The first kappa shape index (κ1) is 103. The van der Waals surface area contributed by atoms with Crippen LogP contribution in [0.3, 0.4) is 0 Å². The fourth-order valence-corrected chi connectivity index (χ4v) is 197. The molecule has 1 atom stereocenters. The van der Waals surface area contributed by atoms with Crippen molar-refractivity contribution in [2.45, 2.75) is 0 Å². The third kappa shape index (κ3) is 98.1. The Balaban J connectivity index is 3.09. The lowest BCUT2D eigenvalue weighted by Crippen LogP contribution is -1.91. The summed E-state index contributed by atoms with van der Waals surface area (Å²) in [6, 6.07) is 0. The lowest BCUT2D eigenvalue weighted by atomic mass is 11.7. The molecule has 77 heavy (non-hydrogen) atoms. The first-order valence-electron chi connectivity index (χ1n) is 13.0. The maximum absolute atomic E-state index is 5.37. The highest BCUT2D eigenvalue weighted by Crippen LogP contribution is 2.71. The van der Waals surface area contributed by atoms with Gasteiger partial charge in [0.2, 0.25) is 0 Å². The molecule has 76 heteroatoms. The topological polar surface area (TPSA) is 9.23 Å². The van der Waals surface area contributed by atoms with Gasteiger partial charge in [-0.3, -0.25) is 4.18 Å². The molecule has 1 nitrogen and oxygen atoms in total. The van der Waals surface area contributed by atoms with Crippen LogP contribution in [0, 0.1) is 0 Å². The summed E-state index contributed by atoms with van der Waals surface area (Å²) in [5.74, 6) is 0. The van der Waals surface area contributed by atoms with Gasteiger partial charge in [-0.25, -0.2) is 0 Å². The summed E-state index contributed by atoms with van der Waals surface area (Å²) in [5, 5.41) is 0. The van der Waals surface area contributed by atoms with E-state index in [0.717, 1.165) is 0 Å². The average molecular weight is 2440 g/mol. The van der Waals surface area contributed by atoms with Gasteiger partial charge in [-0.15, -0.1) is 9.24 Å². The van der Waals surface area contributed by atoms with Crippen molar-refractivity contribution in [1.82, 2.24) is 0 Å². The molecule has 0 aliphatic carbocycles. The fourth-order valence-electron chi connectivity index (χ4n) is 0.909. The van der Waals surface area contributed by atoms with E-state index in [9.17, 15) is 0 Å². The van der Waals surface area contributed by atoms with E-state index in [-0.39, 0.29) is 0 Å². The minimum absolute atomic E-state index is 0.495. The standard InChI is InChI=1S/CH5OPS74/c3-1-2-77(5,6)76-75-74-73-72-71-70-69-68-67-66-65-64-63-62-61-60-59-58-57-56-55-54-53-52-51-50-49-48-47-46-45-44-43-42-41-40-39-38-37-36-35-34-33-32-31-30-29-28-27-26-25-24-23-22-21-20-19-18-17-16-15-14-13-12-11-10-9-8-7-4/h4H,1,3H2. The number of hydrogen-bond acceptors (Lipinski definition) is 74. The van der Waals surface area contributed by atoms with Crippen molar-refractivity contribution in [3.63, 3.8) is 0 Å². The quantitative estimate of drug-likeness (QED) is 0.0268. The van der Waals surface area contributed by atoms with Gasteiger partial charge in [0.05, 0.1) is 12.8 Å². The van der Waals surface area contributed by atoms with E-state index in [4.69, 9.17) is 26.6 Å². The van der Waals surface area contributed by atoms with E-state index in [1.54, 1.807) is 138 Å². The Morgan fingerprint density at radius 3 is 0.416 bits per heavy atom. The summed E-state index contributed by atoms with van der Waals surface area (Å²) in [6.07, 6.45) is 0.495. The molecule has 0 aromatic rings. The van der Waals surface area contributed by atoms with Crippen molar-refractivity contribution in [1.29, 1.82) is 0 Å². The first-order chi connectivity index (χ1) is 38.1. The minimum atomic E-state index is -1.84. The largest absolute Gasteiger partial charge is 0.297 e. The Labute approximate surface area is 727 Å². The van der Waals surface area contributed by atoms with Gasteiger partial charge < -0.3 is 0 Å². The zero-order chi connectivity index (χ0) is 55.4.